The number of hydrogen-bond acceptors (Lipinski definition) is 1. The van der Waals surface area contributed by atoms with Crippen molar-refractivity contribution in [3.8, 4) is 0 Å². The zero-order chi connectivity index (χ0) is 12.3. The molecule has 1 N–H and O–H groups in total. The molecule has 0 atom stereocenters. The van der Waals surface area contributed by atoms with Gasteiger partial charge < -0.3 is 5.32 Å². The summed E-state index contributed by atoms with van der Waals surface area (Å²) in [5, 5.41) is 2.90. The Labute approximate surface area is 113 Å². The minimum Gasteiger partial charge on any atom is -0.343 e. The van der Waals surface area contributed by atoms with E-state index in [1.807, 2.05) is 30.3 Å². The molecule has 0 spiro atoms. The third-order valence-corrected chi connectivity index (χ3v) is 3.24. The molecule has 0 radical (unpaired) electrons. The van der Waals surface area contributed by atoms with Crippen molar-refractivity contribution in [2.24, 2.45) is 0 Å². The Morgan fingerprint density at radius 2 is 1.76 bits per heavy atom. The van der Waals surface area contributed by atoms with Gasteiger partial charge in [0.25, 0.3) is 0 Å². The molecule has 0 fully saturated rings. The maximum absolute atomic E-state index is 13.6. The second-order valence-electron chi connectivity index (χ2n) is 3.42. The summed E-state index contributed by atoms with van der Waals surface area (Å²) >= 11 is 8.51. The van der Waals surface area contributed by atoms with Gasteiger partial charge in [-0.1, -0.05) is 48.6 Å². The molecular formula is C13H9BrFNS. The molecule has 2 rings (SSSR count). The van der Waals surface area contributed by atoms with Gasteiger partial charge in [0.05, 0.1) is 5.69 Å². The molecule has 17 heavy (non-hydrogen) atoms. The molecule has 2 aromatic rings. The Hall–Kier alpha value is -1.26. The van der Waals surface area contributed by atoms with Crippen LogP contribution in [0.15, 0.2) is 53.0 Å². The van der Waals surface area contributed by atoms with E-state index < -0.39 is 0 Å². The van der Waals surface area contributed by atoms with Crippen molar-refractivity contribution >= 4 is 38.8 Å². The van der Waals surface area contributed by atoms with E-state index in [0.717, 1.165) is 5.56 Å². The van der Waals surface area contributed by atoms with Crippen LogP contribution in [0.2, 0.25) is 0 Å². The SMILES string of the molecule is Fc1cccc(Br)c1NC(=S)c1ccccc1. The molecule has 0 bridgehead atoms. The number of rotatable bonds is 2. The average molecular weight is 310 g/mol. The lowest BCUT2D eigenvalue weighted by molar-refractivity contribution is 0.631. The summed E-state index contributed by atoms with van der Waals surface area (Å²) in [6.07, 6.45) is 0. The van der Waals surface area contributed by atoms with Crippen molar-refractivity contribution in [3.05, 3.63) is 64.4 Å². The Kier molecular flexibility index (Phi) is 3.86. The molecule has 0 aliphatic heterocycles. The lowest BCUT2D eigenvalue weighted by Crippen LogP contribution is -2.11. The van der Waals surface area contributed by atoms with Crippen molar-refractivity contribution in [2.75, 3.05) is 5.32 Å². The Morgan fingerprint density at radius 3 is 2.41 bits per heavy atom. The Morgan fingerprint density at radius 1 is 1.06 bits per heavy atom. The van der Waals surface area contributed by atoms with Gasteiger partial charge in [-0.15, -0.1) is 0 Å². The molecule has 0 heterocycles. The second kappa shape index (κ2) is 5.38. The van der Waals surface area contributed by atoms with Crippen molar-refractivity contribution < 1.29 is 4.39 Å². The van der Waals surface area contributed by atoms with Crippen molar-refractivity contribution in [3.63, 3.8) is 0 Å². The molecule has 1 nitrogen and oxygen atoms in total. The van der Waals surface area contributed by atoms with Crippen LogP contribution in [0.4, 0.5) is 10.1 Å². The zero-order valence-corrected chi connectivity index (χ0v) is 11.2. The Bertz CT molecular complexity index is 522. The molecule has 0 aromatic heterocycles. The predicted molar refractivity (Wildman–Crippen MR) is 75.9 cm³/mol. The van der Waals surface area contributed by atoms with Gasteiger partial charge in [0.2, 0.25) is 0 Å². The molecule has 0 aliphatic carbocycles. The van der Waals surface area contributed by atoms with Gasteiger partial charge in [-0.05, 0) is 28.1 Å². The molecular weight excluding hydrogens is 301 g/mol. The quantitative estimate of drug-likeness (QED) is 0.826. The van der Waals surface area contributed by atoms with E-state index in [9.17, 15) is 4.39 Å². The number of halogens is 2. The fraction of sp³-hybridized carbons (Fsp3) is 0. The Balaban J connectivity index is 2.25. The van der Waals surface area contributed by atoms with E-state index >= 15 is 0 Å². The first kappa shape index (κ1) is 12.2. The maximum Gasteiger partial charge on any atom is 0.147 e. The van der Waals surface area contributed by atoms with E-state index in [2.05, 4.69) is 21.2 Å². The lowest BCUT2D eigenvalue weighted by Gasteiger charge is -2.10. The molecule has 2 aromatic carbocycles. The summed E-state index contributed by atoms with van der Waals surface area (Å²) in [5.41, 5.74) is 1.22. The summed E-state index contributed by atoms with van der Waals surface area (Å²) < 4.78 is 14.2. The zero-order valence-electron chi connectivity index (χ0n) is 8.78. The van der Waals surface area contributed by atoms with Crippen LogP contribution >= 0.6 is 28.1 Å². The standard InChI is InChI=1S/C13H9BrFNS/c14-10-7-4-8-11(15)12(10)16-13(17)9-5-2-1-3-6-9/h1-8H,(H,16,17). The minimum atomic E-state index is -0.336. The fourth-order valence-electron chi connectivity index (χ4n) is 1.39. The first-order valence-electron chi connectivity index (χ1n) is 4.99. The molecule has 0 unspecified atom stereocenters. The van der Waals surface area contributed by atoms with E-state index in [1.165, 1.54) is 6.07 Å². The second-order valence-corrected chi connectivity index (χ2v) is 4.68. The number of para-hydroxylation sites is 1. The molecule has 0 amide bonds. The monoisotopic (exact) mass is 309 g/mol. The molecule has 0 saturated carbocycles. The largest absolute Gasteiger partial charge is 0.343 e. The van der Waals surface area contributed by atoms with Crippen molar-refractivity contribution in [1.82, 2.24) is 0 Å². The van der Waals surface area contributed by atoms with Crippen LogP contribution in [0, 0.1) is 5.82 Å². The highest BCUT2D eigenvalue weighted by Crippen LogP contribution is 2.25. The van der Waals surface area contributed by atoms with Crippen molar-refractivity contribution in [1.29, 1.82) is 0 Å². The van der Waals surface area contributed by atoms with Crippen LogP contribution in [0.25, 0.3) is 0 Å². The smallest absolute Gasteiger partial charge is 0.147 e. The lowest BCUT2D eigenvalue weighted by atomic mass is 10.2. The number of hydrogen-bond donors (Lipinski definition) is 1. The van der Waals surface area contributed by atoms with Gasteiger partial charge >= 0.3 is 0 Å². The number of benzene rings is 2. The molecule has 0 aliphatic rings. The van der Waals surface area contributed by atoms with Gasteiger partial charge in [-0.2, -0.15) is 0 Å². The summed E-state index contributed by atoms with van der Waals surface area (Å²) in [4.78, 5) is 0.497. The first-order chi connectivity index (χ1) is 8.18. The van der Waals surface area contributed by atoms with Gasteiger partial charge in [-0.3, -0.25) is 0 Å². The van der Waals surface area contributed by atoms with Crippen LogP contribution in [-0.4, -0.2) is 4.99 Å². The van der Waals surface area contributed by atoms with E-state index in [4.69, 9.17) is 12.2 Å². The molecule has 0 saturated heterocycles. The highest BCUT2D eigenvalue weighted by Gasteiger charge is 2.08. The van der Waals surface area contributed by atoms with Crippen LogP contribution in [0.3, 0.4) is 0 Å². The molecule has 4 heteroatoms. The van der Waals surface area contributed by atoms with E-state index in [0.29, 0.717) is 15.1 Å². The van der Waals surface area contributed by atoms with Crippen LogP contribution in [0.1, 0.15) is 5.56 Å². The minimum absolute atomic E-state index is 0.336. The highest BCUT2D eigenvalue weighted by atomic mass is 79.9. The van der Waals surface area contributed by atoms with Crippen LogP contribution in [0.5, 0.6) is 0 Å². The third-order valence-electron chi connectivity index (χ3n) is 2.24. The first-order valence-corrected chi connectivity index (χ1v) is 6.19. The fourth-order valence-corrected chi connectivity index (χ4v) is 2.07. The van der Waals surface area contributed by atoms with Gasteiger partial charge in [0, 0.05) is 10.0 Å². The number of anilines is 1. The predicted octanol–water partition coefficient (Wildman–Crippen LogP) is 4.38. The van der Waals surface area contributed by atoms with Crippen LogP contribution < -0.4 is 5.32 Å². The summed E-state index contributed by atoms with van der Waals surface area (Å²) in [6.45, 7) is 0. The van der Waals surface area contributed by atoms with Crippen molar-refractivity contribution in [2.45, 2.75) is 0 Å². The van der Waals surface area contributed by atoms with Gasteiger partial charge in [-0.25, -0.2) is 4.39 Å². The topological polar surface area (TPSA) is 12.0 Å². The van der Waals surface area contributed by atoms with Gasteiger partial charge in [0.15, 0.2) is 0 Å². The highest BCUT2D eigenvalue weighted by molar-refractivity contribution is 9.10. The number of nitrogens with one attached hydrogen (secondary N) is 1. The summed E-state index contributed by atoms with van der Waals surface area (Å²) in [6, 6.07) is 14.2. The van der Waals surface area contributed by atoms with Crippen LogP contribution in [-0.2, 0) is 0 Å². The third kappa shape index (κ3) is 2.90. The molecule has 86 valence electrons. The van der Waals surface area contributed by atoms with E-state index in [1.54, 1.807) is 12.1 Å². The summed E-state index contributed by atoms with van der Waals surface area (Å²) in [5.74, 6) is -0.336. The normalized spacial score (nSPS) is 10.0. The maximum atomic E-state index is 13.6. The summed E-state index contributed by atoms with van der Waals surface area (Å²) in [7, 11) is 0. The van der Waals surface area contributed by atoms with Gasteiger partial charge in [0.1, 0.15) is 10.8 Å². The average Bonchev–Trinajstić information content (AvgIpc) is 2.35. The van der Waals surface area contributed by atoms with E-state index in [-0.39, 0.29) is 5.82 Å². The number of thiocarbonyl (C=S) groups is 1.